The summed E-state index contributed by atoms with van der Waals surface area (Å²) in [5.74, 6) is 1.34. The number of anilines is 1. The second kappa shape index (κ2) is 6.46. The van der Waals surface area contributed by atoms with Crippen molar-refractivity contribution >= 4 is 27.5 Å². The number of rotatable bonds is 4. The van der Waals surface area contributed by atoms with Crippen LogP contribution in [0.4, 0.5) is 5.82 Å². The molecule has 1 saturated carbocycles. The minimum absolute atomic E-state index is 0.433. The molecule has 0 atom stereocenters. The van der Waals surface area contributed by atoms with Crippen LogP contribution in [0.2, 0.25) is 0 Å². The van der Waals surface area contributed by atoms with E-state index in [4.69, 9.17) is 4.98 Å². The highest BCUT2D eigenvalue weighted by molar-refractivity contribution is 7.18. The maximum absolute atomic E-state index is 4.74. The van der Waals surface area contributed by atoms with Gasteiger partial charge in [0.15, 0.2) is 5.82 Å². The first-order chi connectivity index (χ1) is 10.5. The van der Waals surface area contributed by atoms with Crippen molar-refractivity contribution in [3.05, 3.63) is 11.3 Å². The standard InChI is InChI=1S/C16H25N5S/c1-10(2)15-20-13-14(17-9-18-16(13)22-15)19-11-5-7-12(8-6-11)21(3)4/h9-12H,5-8H2,1-4H3,(H,17,18,19). The van der Waals surface area contributed by atoms with Crippen molar-refractivity contribution in [3.8, 4) is 0 Å². The molecule has 2 aromatic heterocycles. The topological polar surface area (TPSA) is 53.9 Å². The van der Waals surface area contributed by atoms with E-state index in [0.717, 1.165) is 27.2 Å². The third-order valence-electron chi connectivity index (χ3n) is 4.47. The first-order valence-electron chi connectivity index (χ1n) is 8.09. The molecule has 2 aromatic rings. The molecule has 0 aromatic carbocycles. The second-order valence-electron chi connectivity index (χ2n) is 6.70. The van der Waals surface area contributed by atoms with Gasteiger partial charge in [-0.25, -0.2) is 15.0 Å². The molecule has 0 bridgehead atoms. The molecule has 6 heteroatoms. The molecule has 1 aliphatic rings. The molecular weight excluding hydrogens is 294 g/mol. The highest BCUT2D eigenvalue weighted by atomic mass is 32.1. The van der Waals surface area contributed by atoms with Gasteiger partial charge in [0.1, 0.15) is 16.7 Å². The lowest BCUT2D eigenvalue weighted by Crippen LogP contribution is -2.36. The summed E-state index contributed by atoms with van der Waals surface area (Å²) < 4.78 is 0. The Balaban J connectivity index is 1.74. The number of nitrogens with one attached hydrogen (secondary N) is 1. The van der Waals surface area contributed by atoms with E-state index in [1.54, 1.807) is 17.7 Å². The third-order valence-corrected chi connectivity index (χ3v) is 5.74. The van der Waals surface area contributed by atoms with Gasteiger partial charge in [-0.3, -0.25) is 0 Å². The smallest absolute Gasteiger partial charge is 0.157 e. The minimum atomic E-state index is 0.433. The van der Waals surface area contributed by atoms with Crippen molar-refractivity contribution in [2.45, 2.75) is 57.5 Å². The number of nitrogens with zero attached hydrogens (tertiary/aromatic N) is 4. The predicted octanol–water partition coefficient (Wildman–Crippen LogP) is 3.49. The minimum Gasteiger partial charge on any atom is -0.365 e. The van der Waals surface area contributed by atoms with Crippen LogP contribution in [0.1, 0.15) is 50.5 Å². The summed E-state index contributed by atoms with van der Waals surface area (Å²) in [4.78, 5) is 16.9. The fraction of sp³-hybridized carbons (Fsp3) is 0.688. The zero-order valence-electron chi connectivity index (χ0n) is 13.8. The van der Waals surface area contributed by atoms with Gasteiger partial charge in [0.2, 0.25) is 0 Å². The molecule has 0 amide bonds. The number of hydrogen-bond acceptors (Lipinski definition) is 6. The monoisotopic (exact) mass is 319 g/mol. The molecule has 1 fully saturated rings. The Morgan fingerprint density at radius 3 is 2.55 bits per heavy atom. The van der Waals surface area contributed by atoms with Crippen LogP contribution in [0, 0.1) is 0 Å². The second-order valence-corrected chi connectivity index (χ2v) is 7.71. The summed E-state index contributed by atoms with van der Waals surface area (Å²) in [6, 6.07) is 1.22. The first-order valence-corrected chi connectivity index (χ1v) is 8.90. The summed E-state index contributed by atoms with van der Waals surface area (Å²) in [6.07, 6.45) is 6.52. The van der Waals surface area contributed by atoms with Crippen molar-refractivity contribution in [3.63, 3.8) is 0 Å². The number of fused-ring (bicyclic) bond motifs is 1. The van der Waals surface area contributed by atoms with Crippen molar-refractivity contribution in [2.75, 3.05) is 19.4 Å². The molecule has 0 aliphatic heterocycles. The summed E-state index contributed by atoms with van der Waals surface area (Å²) >= 11 is 1.68. The summed E-state index contributed by atoms with van der Waals surface area (Å²) in [7, 11) is 4.35. The average Bonchev–Trinajstić information content (AvgIpc) is 2.93. The molecule has 3 rings (SSSR count). The summed E-state index contributed by atoms with van der Waals surface area (Å²) in [5.41, 5.74) is 0.936. The van der Waals surface area contributed by atoms with E-state index in [0.29, 0.717) is 12.0 Å². The molecule has 5 nitrogen and oxygen atoms in total. The fourth-order valence-corrected chi connectivity index (χ4v) is 3.96. The van der Waals surface area contributed by atoms with Gasteiger partial charge in [0.25, 0.3) is 0 Å². The van der Waals surface area contributed by atoms with E-state index in [2.05, 4.69) is 48.1 Å². The Morgan fingerprint density at radius 1 is 1.18 bits per heavy atom. The predicted molar refractivity (Wildman–Crippen MR) is 92.7 cm³/mol. The maximum Gasteiger partial charge on any atom is 0.157 e. The van der Waals surface area contributed by atoms with Crippen molar-refractivity contribution in [1.29, 1.82) is 0 Å². The molecule has 0 unspecified atom stereocenters. The van der Waals surface area contributed by atoms with Crippen LogP contribution < -0.4 is 5.32 Å². The zero-order chi connectivity index (χ0) is 15.7. The molecule has 1 N–H and O–H groups in total. The Bertz CT molecular complexity index is 628. The van der Waals surface area contributed by atoms with Crippen molar-refractivity contribution in [1.82, 2.24) is 19.9 Å². The van der Waals surface area contributed by atoms with Crippen LogP contribution in [0.3, 0.4) is 0 Å². The van der Waals surface area contributed by atoms with E-state index >= 15 is 0 Å². The van der Waals surface area contributed by atoms with Crippen LogP contribution in [0.15, 0.2) is 6.33 Å². The molecule has 0 spiro atoms. The summed E-state index contributed by atoms with van der Waals surface area (Å²) in [5, 5.41) is 4.74. The Labute approximate surface area is 136 Å². The zero-order valence-corrected chi connectivity index (χ0v) is 14.7. The van der Waals surface area contributed by atoms with Crippen LogP contribution in [0.25, 0.3) is 10.3 Å². The van der Waals surface area contributed by atoms with Gasteiger partial charge in [0.05, 0.1) is 5.01 Å². The number of aromatic nitrogens is 3. The van der Waals surface area contributed by atoms with E-state index in [-0.39, 0.29) is 0 Å². The molecule has 22 heavy (non-hydrogen) atoms. The van der Waals surface area contributed by atoms with Gasteiger partial charge < -0.3 is 10.2 Å². The highest BCUT2D eigenvalue weighted by Crippen LogP contribution is 2.30. The fourth-order valence-electron chi connectivity index (χ4n) is 3.05. The average molecular weight is 319 g/mol. The lowest BCUT2D eigenvalue weighted by Gasteiger charge is -2.33. The lowest BCUT2D eigenvalue weighted by atomic mass is 9.90. The van der Waals surface area contributed by atoms with Crippen molar-refractivity contribution in [2.24, 2.45) is 0 Å². The summed E-state index contributed by atoms with van der Waals surface area (Å²) in [6.45, 7) is 4.33. The molecule has 0 saturated heterocycles. The van der Waals surface area contributed by atoms with E-state index in [9.17, 15) is 0 Å². The molecule has 2 heterocycles. The molecule has 120 valence electrons. The van der Waals surface area contributed by atoms with Crippen LogP contribution >= 0.6 is 11.3 Å². The van der Waals surface area contributed by atoms with Crippen LogP contribution in [-0.2, 0) is 0 Å². The Morgan fingerprint density at radius 2 is 1.91 bits per heavy atom. The normalized spacial score (nSPS) is 22.6. The third kappa shape index (κ3) is 3.22. The highest BCUT2D eigenvalue weighted by Gasteiger charge is 2.23. The van der Waals surface area contributed by atoms with Crippen LogP contribution in [0.5, 0.6) is 0 Å². The van der Waals surface area contributed by atoms with E-state index < -0.39 is 0 Å². The Hall–Kier alpha value is -1.27. The van der Waals surface area contributed by atoms with Gasteiger partial charge in [-0.15, -0.1) is 0 Å². The molecular formula is C16H25N5S. The van der Waals surface area contributed by atoms with Gasteiger partial charge in [-0.1, -0.05) is 25.2 Å². The number of thiazole rings is 1. The quantitative estimate of drug-likeness (QED) is 0.935. The van der Waals surface area contributed by atoms with E-state index in [1.807, 2.05) is 0 Å². The van der Waals surface area contributed by atoms with Crippen molar-refractivity contribution < 1.29 is 0 Å². The molecule has 0 radical (unpaired) electrons. The maximum atomic E-state index is 4.74. The SMILES string of the molecule is CC(C)c1nc2c(NC3CCC(N(C)C)CC3)ncnc2s1. The molecule has 1 aliphatic carbocycles. The first kappa shape index (κ1) is 15.6. The Kier molecular flexibility index (Phi) is 4.59. The number of hydrogen-bond donors (Lipinski definition) is 1. The van der Waals surface area contributed by atoms with Gasteiger partial charge in [0, 0.05) is 18.0 Å². The lowest BCUT2D eigenvalue weighted by molar-refractivity contribution is 0.221. The van der Waals surface area contributed by atoms with E-state index in [1.165, 1.54) is 25.7 Å². The van der Waals surface area contributed by atoms with Gasteiger partial charge >= 0.3 is 0 Å². The van der Waals surface area contributed by atoms with Gasteiger partial charge in [-0.05, 0) is 39.8 Å². The largest absolute Gasteiger partial charge is 0.365 e. The van der Waals surface area contributed by atoms with Gasteiger partial charge in [-0.2, -0.15) is 0 Å². The van der Waals surface area contributed by atoms with Crippen LogP contribution in [-0.4, -0.2) is 46.0 Å².